The van der Waals surface area contributed by atoms with E-state index in [9.17, 15) is 4.79 Å². The van der Waals surface area contributed by atoms with E-state index in [1.54, 1.807) is 14.2 Å². The second-order valence-corrected chi connectivity index (χ2v) is 5.29. The number of benzene rings is 1. The van der Waals surface area contributed by atoms with E-state index in [2.05, 4.69) is 20.9 Å². The summed E-state index contributed by atoms with van der Waals surface area (Å²) >= 11 is 0. The maximum atomic E-state index is 11.7. The Morgan fingerprint density at radius 2 is 2.04 bits per heavy atom. The molecule has 0 aliphatic carbocycles. The first kappa shape index (κ1) is 18.8. The van der Waals surface area contributed by atoms with Crippen LogP contribution >= 0.6 is 0 Å². The minimum Gasteiger partial charge on any atom is -0.496 e. The predicted molar refractivity (Wildman–Crippen MR) is 93.7 cm³/mol. The minimum atomic E-state index is 0.0482. The Bertz CT molecular complexity index is 517. The van der Waals surface area contributed by atoms with Crippen molar-refractivity contribution in [1.82, 2.24) is 16.0 Å². The van der Waals surface area contributed by atoms with Gasteiger partial charge in [0.25, 0.3) is 0 Å². The molecule has 1 unspecified atom stereocenters. The standard InChI is InChI=1S/C17H28N4O2/c1-5-13(2)21-16(22)10-11-19-17(18-3)20-12-14-8-6-7-9-15(14)23-4/h6-9,13H,5,10-12H2,1-4H3,(H,21,22)(H2,18,19,20). The third-order valence-electron chi connectivity index (χ3n) is 3.53. The normalized spacial score (nSPS) is 12.4. The first-order valence-corrected chi connectivity index (χ1v) is 7.96. The molecule has 1 aromatic carbocycles. The fourth-order valence-electron chi connectivity index (χ4n) is 1.99. The third-order valence-corrected chi connectivity index (χ3v) is 3.53. The number of carbonyl (C=O) groups excluding carboxylic acids is 1. The molecule has 0 aliphatic heterocycles. The van der Waals surface area contributed by atoms with E-state index >= 15 is 0 Å². The molecule has 23 heavy (non-hydrogen) atoms. The van der Waals surface area contributed by atoms with E-state index in [1.165, 1.54) is 0 Å². The van der Waals surface area contributed by atoms with Gasteiger partial charge in [-0.2, -0.15) is 0 Å². The van der Waals surface area contributed by atoms with E-state index in [0.717, 1.165) is 17.7 Å². The van der Waals surface area contributed by atoms with E-state index in [4.69, 9.17) is 4.74 Å². The van der Waals surface area contributed by atoms with E-state index in [-0.39, 0.29) is 11.9 Å². The SMILES string of the molecule is CCC(C)NC(=O)CCNC(=NC)NCc1ccccc1OC. The van der Waals surface area contributed by atoms with Crippen molar-refractivity contribution in [3.8, 4) is 5.75 Å². The molecule has 128 valence electrons. The number of ether oxygens (including phenoxy) is 1. The molecule has 0 heterocycles. The molecule has 0 radical (unpaired) electrons. The molecule has 0 aromatic heterocycles. The third kappa shape index (κ3) is 7.04. The number of rotatable bonds is 8. The fourth-order valence-corrected chi connectivity index (χ4v) is 1.99. The lowest BCUT2D eigenvalue weighted by molar-refractivity contribution is -0.121. The Morgan fingerprint density at radius 1 is 1.30 bits per heavy atom. The lowest BCUT2D eigenvalue weighted by Crippen LogP contribution is -2.40. The van der Waals surface area contributed by atoms with Gasteiger partial charge in [0.1, 0.15) is 5.75 Å². The number of guanidine groups is 1. The van der Waals surface area contributed by atoms with Crippen LogP contribution in [0.15, 0.2) is 29.3 Å². The highest BCUT2D eigenvalue weighted by atomic mass is 16.5. The molecule has 0 fully saturated rings. The van der Waals surface area contributed by atoms with Gasteiger partial charge in [0.05, 0.1) is 7.11 Å². The average molecular weight is 320 g/mol. The summed E-state index contributed by atoms with van der Waals surface area (Å²) in [5, 5.41) is 9.29. The first-order chi connectivity index (χ1) is 11.1. The topological polar surface area (TPSA) is 74.8 Å². The van der Waals surface area contributed by atoms with Crippen LogP contribution in [-0.2, 0) is 11.3 Å². The summed E-state index contributed by atoms with van der Waals surface area (Å²) in [4.78, 5) is 15.9. The van der Waals surface area contributed by atoms with Crippen LogP contribution in [-0.4, -0.2) is 38.6 Å². The summed E-state index contributed by atoms with van der Waals surface area (Å²) in [5.41, 5.74) is 1.05. The van der Waals surface area contributed by atoms with E-state index in [0.29, 0.717) is 25.5 Å². The Hall–Kier alpha value is -2.24. The number of carbonyl (C=O) groups is 1. The quantitative estimate of drug-likeness (QED) is 0.503. The van der Waals surface area contributed by atoms with Gasteiger partial charge >= 0.3 is 0 Å². The van der Waals surface area contributed by atoms with Crippen molar-refractivity contribution in [2.45, 2.75) is 39.3 Å². The number of para-hydroxylation sites is 1. The number of amides is 1. The summed E-state index contributed by atoms with van der Waals surface area (Å²) in [6.45, 7) is 5.18. The van der Waals surface area contributed by atoms with Gasteiger partial charge in [-0.05, 0) is 19.4 Å². The number of methoxy groups -OCH3 is 1. The molecule has 6 nitrogen and oxygen atoms in total. The molecule has 1 aromatic rings. The lowest BCUT2D eigenvalue weighted by Gasteiger charge is -2.14. The van der Waals surface area contributed by atoms with Gasteiger partial charge in [0.2, 0.25) is 5.91 Å². The van der Waals surface area contributed by atoms with Crippen molar-refractivity contribution < 1.29 is 9.53 Å². The van der Waals surface area contributed by atoms with Crippen LogP contribution in [0.5, 0.6) is 5.75 Å². The summed E-state index contributed by atoms with van der Waals surface area (Å²) in [7, 11) is 3.36. The molecule has 0 bridgehead atoms. The van der Waals surface area contributed by atoms with Gasteiger partial charge in [-0.1, -0.05) is 25.1 Å². The predicted octanol–water partition coefficient (Wildman–Crippen LogP) is 1.67. The zero-order valence-corrected chi connectivity index (χ0v) is 14.5. The molecular formula is C17H28N4O2. The van der Waals surface area contributed by atoms with Gasteiger partial charge in [-0.3, -0.25) is 9.79 Å². The summed E-state index contributed by atoms with van der Waals surface area (Å²) in [6, 6.07) is 8.04. The van der Waals surface area contributed by atoms with Crippen LogP contribution in [0.3, 0.4) is 0 Å². The smallest absolute Gasteiger partial charge is 0.221 e. The highest BCUT2D eigenvalue weighted by Gasteiger charge is 2.06. The Balaban J connectivity index is 2.36. The highest BCUT2D eigenvalue weighted by Crippen LogP contribution is 2.16. The largest absolute Gasteiger partial charge is 0.496 e. The molecule has 3 N–H and O–H groups in total. The number of hydrogen-bond acceptors (Lipinski definition) is 3. The van der Waals surface area contributed by atoms with Crippen molar-refractivity contribution in [2.75, 3.05) is 20.7 Å². The van der Waals surface area contributed by atoms with Crippen LogP contribution in [0.1, 0.15) is 32.3 Å². The molecule has 1 atom stereocenters. The van der Waals surface area contributed by atoms with Crippen molar-refractivity contribution >= 4 is 11.9 Å². The Kier molecular flexibility index (Phi) is 8.57. The molecule has 0 spiro atoms. The zero-order valence-electron chi connectivity index (χ0n) is 14.5. The van der Waals surface area contributed by atoms with Gasteiger partial charge in [0.15, 0.2) is 5.96 Å². The molecule has 1 rings (SSSR count). The Labute approximate surface area is 138 Å². The number of nitrogens with one attached hydrogen (secondary N) is 3. The maximum Gasteiger partial charge on any atom is 0.221 e. The van der Waals surface area contributed by atoms with Crippen molar-refractivity contribution in [1.29, 1.82) is 0 Å². The summed E-state index contributed by atoms with van der Waals surface area (Å²) in [6.07, 6.45) is 1.35. The van der Waals surface area contributed by atoms with Crippen molar-refractivity contribution in [3.05, 3.63) is 29.8 Å². The summed E-state index contributed by atoms with van der Waals surface area (Å²) < 4.78 is 5.32. The van der Waals surface area contributed by atoms with Crippen LogP contribution in [0.4, 0.5) is 0 Å². The second kappa shape index (κ2) is 10.5. The van der Waals surface area contributed by atoms with Crippen molar-refractivity contribution in [3.63, 3.8) is 0 Å². The number of hydrogen-bond donors (Lipinski definition) is 3. The van der Waals surface area contributed by atoms with Gasteiger partial charge in [0, 0.05) is 38.2 Å². The van der Waals surface area contributed by atoms with E-state index < -0.39 is 0 Å². The number of nitrogens with zero attached hydrogens (tertiary/aromatic N) is 1. The molecule has 6 heteroatoms. The maximum absolute atomic E-state index is 11.7. The Morgan fingerprint density at radius 3 is 2.70 bits per heavy atom. The lowest BCUT2D eigenvalue weighted by atomic mass is 10.2. The summed E-state index contributed by atoms with van der Waals surface area (Å²) in [5.74, 6) is 1.54. The fraction of sp³-hybridized carbons (Fsp3) is 0.529. The first-order valence-electron chi connectivity index (χ1n) is 7.96. The molecule has 1 amide bonds. The molecule has 0 saturated heterocycles. The van der Waals surface area contributed by atoms with Gasteiger partial charge in [-0.25, -0.2) is 0 Å². The number of aliphatic imine (C=N–C) groups is 1. The second-order valence-electron chi connectivity index (χ2n) is 5.29. The van der Waals surface area contributed by atoms with Crippen LogP contribution < -0.4 is 20.7 Å². The average Bonchev–Trinajstić information content (AvgIpc) is 2.57. The van der Waals surface area contributed by atoms with Crippen LogP contribution in [0.2, 0.25) is 0 Å². The van der Waals surface area contributed by atoms with Crippen LogP contribution in [0, 0.1) is 0 Å². The molecule has 0 saturated carbocycles. The monoisotopic (exact) mass is 320 g/mol. The molecule has 0 aliphatic rings. The molecular weight excluding hydrogens is 292 g/mol. The highest BCUT2D eigenvalue weighted by molar-refractivity contribution is 5.81. The van der Waals surface area contributed by atoms with Crippen LogP contribution in [0.25, 0.3) is 0 Å². The minimum absolute atomic E-state index is 0.0482. The zero-order chi connectivity index (χ0) is 17.1. The van der Waals surface area contributed by atoms with Gasteiger partial charge < -0.3 is 20.7 Å². The van der Waals surface area contributed by atoms with Gasteiger partial charge in [-0.15, -0.1) is 0 Å². The van der Waals surface area contributed by atoms with E-state index in [1.807, 2.05) is 38.1 Å². The van der Waals surface area contributed by atoms with Crippen molar-refractivity contribution in [2.24, 2.45) is 4.99 Å².